The summed E-state index contributed by atoms with van der Waals surface area (Å²) in [6.45, 7) is 0. The van der Waals surface area contributed by atoms with Gasteiger partial charge in [0.05, 0.1) is 11.2 Å². The van der Waals surface area contributed by atoms with Crippen LogP contribution in [0.1, 0.15) is 5.69 Å². The first-order valence-electron chi connectivity index (χ1n) is 9.16. The number of nitrogens with one attached hydrogen (secondary N) is 2. The van der Waals surface area contributed by atoms with Gasteiger partial charge in [-0.1, -0.05) is 6.07 Å². The average molecular weight is 528 g/mol. The standard InChI is InChI=1S/C23H15F2IN4O/c24-14-4-6-17(7-5-14)28-13-22(30-27)21-9-8-19-20(29-21)2-1-3-23(19)31-18-11-15(25)10-16(26)12-18/h1-13,27-28H/b22-13-,30-27?. The Balaban J connectivity index is 1.63. The van der Waals surface area contributed by atoms with Crippen LogP contribution in [0.5, 0.6) is 11.5 Å². The van der Waals surface area contributed by atoms with Crippen LogP contribution in [0, 0.1) is 20.7 Å². The van der Waals surface area contributed by atoms with E-state index < -0.39 is 0 Å². The lowest BCUT2D eigenvalue weighted by atomic mass is 10.1. The molecule has 154 valence electrons. The summed E-state index contributed by atoms with van der Waals surface area (Å²) in [4.78, 5) is 4.57. The molecular formula is C23H15F2IN4O. The summed E-state index contributed by atoms with van der Waals surface area (Å²) in [6.07, 6.45) is 1.53. The van der Waals surface area contributed by atoms with Crippen LogP contribution in [-0.4, -0.2) is 4.98 Å². The van der Waals surface area contributed by atoms with E-state index in [0.717, 1.165) is 8.96 Å². The monoisotopic (exact) mass is 528 g/mol. The quantitative estimate of drug-likeness (QED) is 0.203. The molecule has 0 saturated carbocycles. The molecule has 0 spiro atoms. The van der Waals surface area contributed by atoms with Crippen LogP contribution in [0.4, 0.5) is 14.5 Å². The molecule has 0 atom stereocenters. The Morgan fingerprint density at radius 3 is 2.55 bits per heavy atom. The summed E-state index contributed by atoms with van der Waals surface area (Å²) in [5.74, 6) is 0.229. The number of rotatable bonds is 6. The van der Waals surface area contributed by atoms with E-state index in [1.54, 1.807) is 36.4 Å². The molecule has 4 aromatic rings. The topological polar surface area (TPSA) is 70.4 Å². The molecule has 0 fully saturated rings. The van der Waals surface area contributed by atoms with E-state index >= 15 is 0 Å². The van der Waals surface area contributed by atoms with Crippen molar-refractivity contribution in [1.82, 2.24) is 4.98 Å². The van der Waals surface area contributed by atoms with Crippen molar-refractivity contribution in [3.63, 3.8) is 0 Å². The van der Waals surface area contributed by atoms with Gasteiger partial charge in [-0.15, -0.1) is 0 Å². The van der Waals surface area contributed by atoms with Crippen molar-refractivity contribution in [2.24, 2.45) is 5.11 Å². The number of anilines is 1. The van der Waals surface area contributed by atoms with E-state index in [1.165, 1.54) is 30.5 Å². The second kappa shape index (κ2) is 9.17. The summed E-state index contributed by atoms with van der Waals surface area (Å²) in [5.41, 5.74) is 9.57. The molecule has 0 saturated heterocycles. The molecule has 0 aliphatic carbocycles. The molecule has 0 aliphatic rings. The van der Waals surface area contributed by atoms with Crippen molar-refractivity contribution < 1.29 is 13.5 Å². The average Bonchev–Trinajstić information content (AvgIpc) is 2.75. The number of fused-ring (bicyclic) bond motifs is 1. The third kappa shape index (κ3) is 5.02. The third-order valence-corrected chi connectivity index (χ3v) is 4.98. The van der Waals surface area contributed by atoms with Crippen molar-refractivity contribution in [2.45, 2.75) is 0 Å². The fourth-order valence-electron chi connectivity index (χ4n) is 2.93. The van der Waals surface area contributed by atoms with Gasteiger partial charge >= 0.3 is 0 Å². The van der Waals surface area contributed by atoms with Crippen LogP contribution in [0.15, 0.2) is 84.1 Å². The molecule has 5 nitrogen and oxygen atoms in total. The minimum Gasteiger partial charge on any atom is -0.457 e. The first-order valence-corrected chi connectivity index (χ1v) is 10.2. The molecule has 0 amide bonds. The van der Waals surface area contributed by atoms with Crippen molar-refractivity contribution in [3.05, 3.63) is 99.9 Å². The third-order valence-electron chi connectivity index (χ3n) is 4.36. The fourth-order valence-corrected chi connectivity index (χ4v) is 3.54. The van der Waals surface area contributed by atoms with Crippen LogP contribution in [0.25, 0.3) is 16.6 Å². The van der Waals surface area contributed by atoms with Crippen LogP contribution in [-0.2, 0) is 0 Å². The van der Waals surface area contributed by atoms with Crippen LogP contribution in [0.3, 0.4) is 0 Å². The Hall–Kier alpha value is -3.40. The van der Waals surface area contributed by atoms with E-state index in [1.807, 2.05) is 34.7 Å². The van der Waals surface area contributed by atoms with Gasteiger partial charge in [0, 0.05) is 26.9 Å². The highest BCUT2D eigenvalue weighted by Gasteiger charge is 2.09. The number of benzene rings is 3. The number of hydrogen-bond donors (Lipinski definition) is 2. The Morgan fingerprint density at radius 1 is 1.00 bits per heavy atom. The van der Waals surface area contributed by atoms with E-state index in [2.05, 4.69) is 15.4 Å². The van der Waals surface area contributed by atoms with Crippen LogP contribution >= 0.6 is 22.6 Å². The van der Waals surface area contributed by atoms with E-state index in [0.29, 0.717) is 34.1 Å². The van der Waals surface area contributed by atoms with Crippen molar-refractivity contribution in [2.75, 3.05) is 5.32 Å². The van der Waals surface area contributed by atoms with Gasteiger partial charge in [0.1, 0.15) is 28.8 Å². The minimum atomic E-state index is -0.372. The zero-order valence-corrected chi connectivity index (χ0v) is 18.1. The molecule has 2 N–H and O–H groups in total. The van der Waals surface area contributed by atoms with Crippen molar-refractivity contribution in [3.8, 4) is 11.5 Å². The van der Waals surface area contributed by atoms with Gasteiger partial charge in [0.15, 0.2) is 0 Å². The molecule has 1 heterocycles. The first-order chi connectivity index (χ1) is 15.0. The summed E-state index contributed by atoms with van der Waals surface area (Å²) in [5, 5.41) is 7.26. The lowest BCUT2D eigenvalue weighted by Gasteiger charge is -2.10. The minimum absolute atomic E-state index is 0.303. The Labute approximate surface area is 190 Å². The second-order valence-corrected chi connectivity index (χ2v) is 7.76. The predicted octanol–water partition coefficient (Wildman–Crippen LogP) is 7.35. The Kier molecular flexibility index (Phi) is 6.17. The number of ether oxygens (including phenoxy) is 1. The van der Waals surface area contributed by atoms with Gasteiger partial charge in [-0.05, 0) is 83.3 Å². The second-order valence-electron chi connectivity index (χ2n) is 6.52. The number of hydrogen-bond acceptors (Lipinski definition) is 5. The highest BCUT2D eigenvalue weighted by Crippen LogP contribution is 2.31. The maximum atomic E-state index is 13.7. The Morgan fingerprint density at radius 2 is 1.81 bits per heavy atom. The SMILES string of the molecule is N=N/C(=C\Nc1ccc(F)cc1)c1ccc2c(Oc3cc(F)cc(I)c3)cccc2n1. The van der Waals surface area contributed by atoms with Gasteiger partial charge in [0.25, 0.3) is 0 Å². The van der Waals surface area contributed by atoms with E-state index in [4.69, 9.17) is 10.3 Å². The predicted molar refractivity (Wildman–Crippen MR) is 124 cm³/mol. The van der Waals surface area contributed by atoms with Gasteiger partial charge in [-0.3, -0.25) is 0 Å². The molecule has 0 unspecified atom stereocenters. The molecule has 0 radical (unpaired) electrons. The summed E-state index contributed by atoms with van der Waals surface area (Å²) in [7, 11) is 0. The van der Waals surface area contributed by atoms with Gasteiger partial charge in [-0.25, -0.2) is 19.3 Å². The van der Waals surface area contributed by atoms with Crippen LogP contribution < -0.4 is 10.1 Å². The number of pyridine rings is 1. The fraction of sp³-hybridized carbons (Fsp3) is 0. The lowest BCUT2D eigenvalue weighted by Crippen LogP contribution is -1.94. The van der Waals surface area contributed by atoms with E-state index in [-0.39, 0.29) is 11.6 Å². The lowest BCUT2D eigenvalue weighted by molar-refractivity contribution is 0.481. The zero-order chi connectivity index (χ0) is 21.8. The highest BCUT2D eigenvalue weighted by atomic mass is 127. The summed E-state index contributed by atoms with van der Waals surface area (Å²) >= 11 is 2.03. The molecule has 8 heteroatoms. The molecule has 1 aromatic heterocycles. The Bertz CT molecular complexity index is 1270. The van der Waals surface area contributed by atoms with E-state index in [9.17, 15) is 8.78 Å². The molecular weight excluding hydrogens is 513 g/mol. The number of aromatic nitrogens is 1. The van der Waals surface area contributed by atoms with Gasteiger partial charge < -0.3 is 10.1 Å². The van der Waals surface area contributed by atoms with Crippen molar-refractivity contribution >= 4 is 44.9 Å². The zero-order valence-electron chi connectivity index (χ0n) is 15.9. The largest absolute Gasteiger partial charge is 0.457 e. The number of halogens is 3. The molecule has 4 rings (SSSR count). The summed E-state index contributed by atoms with van der Waals surface area (Å²) < 4.78 is 33.4. The van der Waals surface area contributed by atoms with Crippen LogP contribution in [0.2, 0.25) is 0 Å². The maximum absolute atomic E-state index is 13.7. The molecule has 31 heavy (non-hydrogen) atoms. The van der Waals surface area contributed by atoms with Gasteiger partial charge in [0.2, 0.25) is 0 Å². The maximum Gasteiger partial charge on any atom is 0.136 e. The first kappa shape index (κ1) is 20.9. The van der Waals surface area contributed by atoms with Gasteiger partial charge in [-0.2, -0.15) is 5.11 Å². The molecule has 0 aliphatic heterocycles. The number of nitrogens with zero attached hydrogens (tertiary/aromatic N) is 2. The summed E-state index contributed by atoms with van der Waals surface area (Å²) in [6, 6.07) is 19.2. The highest BCUT2D eigenvalue weighted by molar-refractivity contribution is 14.1. The van der Waals surface area contributed by atoms with Crippen molar-refractivity contribution in [1.29, 1.82) is 5.53 Å². The normalized spacial score (nSPS) is 11.4. The smallest absolute Gasteiger partial charge is 0.136 e. The molecule has 0 bridgehead atoms. The molecule has 3 aromatic carbocycles.